The predicted octanol–water partition coefficient (Wildman–Crippen LogP) is 1.48. The van der Waals surface area contributed by atoms with Crippen LogP contribution in [0.5, 0.6) is 0 Å². The highest BCUT2D eigenvalue weighted by molar-refractivity contribution is 7.11. The van der Waals surface area contributed by atoms with Gasteiger partial charge in [-0.05, 0) is 13.8 Å². The summed E-state index contributed by atoms with van der Waals surface area (Å²) in [6, 6.07) is 0. The number of nitrogens with zero attached hydrogens (tertiary/aromatic N) is 2. The number of hydrogen-bond acceptors (Lipinski definition) is 5. The third-order valence-corrected chi connectivity index (χ3v) is 3.97. The summed E-state index contributed by atoms with van der Waals surface area (Å²) in [5.74, 6) is -0.0699. The summed E-state index contributed by atoms with van der Waals surface area (Å²) in [7, 11) is 0. The zero-order valence-electron chi connectivity index (χ0n) is 10.5. The number of aromatic nitrogens is 1. The predicted molar refractivity (Wildman–Crippen MR) is 67.5 cm³/mol. The Kier molecular flexibility index (Phi) is 3.96. The van der Waals surface area contributed by atoms with Gasteiger partial charge in [0, 0.05) is 25.4 Å². The summed E-state index contributed by atoms with van der Waals surface area (Å²) >= 11 is 1.28. The molecule has 1 aromatic rings. The molecule has 1 aliphatic heterocycles. The number of thiazole rings is 1. The number of carbonyl (C=O) groups excluding carboxylic acids is 2. The molecule has 18 heavy (non-hydrogen) atoms. The highest BCUT2D eigenvalue weighted by Crippen LogP contribution is 2.19. The van der Waals surface area contributed by atoms with E-state index in [1.165, 1.54) is 11.3 Å². The van der Waals surface area contributed by atoms with Gasteiger partial charge in [-0.1, -0.05) is 0 Å². The van der Waals surface area contributed by atoms with Crippen LogP contribution in [-0.2, 0) is 9.53 Å². The second-order valence-corrected chi connectivity index (χ2v) is 5.22. The van der Waals surface area contributed by atoms with Crippen LogP contribution in [-0.4, -0.2) is 41.5 Å². The van der Waals surface area contributed by atoms with Gasteiger partial charge in [0.1, 0.15) is 4.88 Å². The number of hydrogen-bond donors (Lipinski definition) is 0. The Hall–Kier alpha value is -1.43. The summed E-state index contributed by atoms with van der Waals surface area (Å²) in [6.45, 7) is 5.44. The first-order chi connectivity index (χ1) is 8.61. The summed E-state index contributed by atoms with van der Waals surface area (Å²) in [5, 5.41) is 0. The second-order valence-electron chi connectivity index (χ2n) is 4.37. The van der Waals surface area contributed by atoms with Crippen molar-refractivity contribution < 1.29 is 14.3 Å². The van der Waals surface area contributed by atoms with E-state index in [-0.39, 0.29) is 17.8 Å². The molecule has 0 radical (unpaired) electrons. The summed E-state index contributed by atoms with van der Waals surface area (Å²) in [4.78, 5) is 29.6. The fourth-order valence-corrected chi connectivity index (χ4v) is 2.72. The molecule has 1 atom stereocenters. The van der Waals surface area contributed by atoms with Gasteiger partial charge in [0.25, 0.3) is 0 Å². The van der Waals surface area contributed by atoms with Crippen LogP contribution in [0.2, 0.25) is 0 Å². The van der Waals surface area contributed by atoms with Gasteiger partial charge in [-0.25, -0.2) is 9.78 Å². The summed E-state index contributed by atoms with van der Waals surface area (Å²) in [6.07, 6.45) is 0.475. The fraction of sp³-hybridized carbons (Fsp3) is 0.583. The molecular weight excluding hydrogens is 252 g/mol. The minimum Gasteiger partial charge on any atom is -0.461 e. The molecule has 0 unspecified atom stereocenters. The molecule has 0 bridgehead atoms. The lowest BCUT2D eigenvalue weighted by molar-refractivity contribution is -0.127. The molecule has 2 rings (SSSR count). The third kappa shape index (κ3) is 2.69. The van der Waals surface area contributed by atoms with Crippen molar-refractivity contribution in [3.8, 4) is 0 Å². The molecule has 0 aliphatic carbocycles. The molecule has 0 spiro atoms. The van der Waals surface area contributed by atoms with Gasteiger partial charge in [0.2, 0.25) is 5.91 Å². The first-order valence-corrected chi connectivity index (χ1v) is 6.84. The molecule has 1 aromatic heterocycles. The minimum atomic E-state index is -0.336. The van der Waals surface area contributed by atoms with E-state index in [0.29, 0.717) is 30.1 Å². The van der Waals surface area contributed by atoms with Crippen molar-refractivity contribution in [2.75, 3.05) is 19.7 Å². The van der Waals surface area contributed by atoms with Crippen LogP contribution in [0.4, 0.5) is 0 Å². The quantitative estimate of drug-likeness (QED) is 0.776. The van der Waals surface area contributed by atoms with Gasteiger partial charge >= 0.3 is 5.97 Å². The highest BCUT2D eigenvalue weighted by Gasteiger charge is 2.29. The number of rotatable bonds is 4. The van der Waals surface area contributed by atoms with E-state index in [9.17, 15) is 9.59 Å². The van der Waals surface area contributed by atoms with Gasteiger partial charge in [-0.2, -0.15) is 0 Å². The lowest BCUT2D eigenvalue weighted by Crippen LogP contribution is -2.25. The lowest BCUT2D eigenvalue weighted by atomic mass is 10.1. The molecule has 1 fully saturated rings. The Morgan fingerprint density at radius 3 is 3.00 bits per heavy atom. The van der Waals surface area contributed by atoms with Gasteiger partial charge in [0.05, 0.1) is 17.8 Å². The third-order valence-electron chi connectivity index (χ3n) is 3.06. The van der Waals surface area contributed by atoms with Gasteiger partial charge in [0.15, 0.2) is 0 Å². The topological polar surface area (TPSA) is 59.5 Å². The number of carbonyl (C=O) groups is 2. The largest absolute Gasteiger partial charge is 0.461 e. The van der Waals surface area contributed by atoms with Crippen LogP contribution >= 0.6 is 11.3 Å². The standard InChI is InChI=1S/C12H16N2O3S/c1-3-14-5-9(4-10(14)15)6-17-12(16)11-8(2)13-7-18-11/h7,9H,3-6H2,1-2H3/t9-/m0/s1. The SMILES string of the molecule is CCN1C[C@@H](COC(=O)c2scnc2C)CC1=O. The first kappa shape index (κ1) is 13.0. The van der Waals surface area contributed by atoms with Crippen LogP contribution in [0.1, 0.15) is 28.7 Å². The van der Waals surface area contributed by atoms with Gasteiger partial charge in [-0.15, -0.1) is 11.3 Å². The molecule has 1 amide bonds. The zero-order chi connectivity index (χ0) is 13.1. The number of likely N-dealkylation sites (tertiary alicyclic amines) is 1. The summed E-state index contributed by atoms with van der Waals surface area (Å²) < 4.78 is 5.24. The van der Waals surface area contributed by atoms with Crippen molar-refractivity contribution in [1.29, 1.82) is 0 Å². The molecule has 0 aromatic carbocycles. The van der Waals surface area contributed by atoms with Gasteiger partial charge < -0.3 is 9.64 Å². The normalized spacial score (nSPS) is 19.3. The molecule has 98 valence electrons. The maximum absolute atomic E-state index is 11.8. The Balaban J connectivity index is 1.84. The van der Waals surface area contributed by atoms with E-state index in [1.807, 2.05) is 6.92 Å². The van der Waals surface area contributed by atoms with Crippen molar-refractivity contribution in [2.45, 2.75) is 20.3 Å². The Bertz CT molecular complexity index is 458. The van der Waals surface area contributed by atoms with Crippen LogP contribution in [0.25, 0.3) is 0 Å². The highest BCUT2D eigenvalue weighted by atomic mass is 32.1. The molecular formula is C12H16N2O3S. The minimum absolute atomic E-state index is 0.120. The number of esters is 1. The molecule has 6 heteroatoms. The van der Waals surface area contributed by atoms with E-state index in [4.69, 9.17) is 4.74 Å². The maximum atomic E-state index is 11.8. The first-order valence-electron chi connectivity index (χ1n) is 5.96. The van der Waals surface area contributed by atoms with Crippen molar-refractivity contribution in [3.63, 3.8) is 0 Å². The van der Waals surface area contributed by atoms with Crippen LogP contribution in [0.15, 0.2) is 5.51 Å². The van der Waals surface area contributed by atoms with Crippen LogP contribution < -0.4 is 0 Å². The number of amides is 1. The molecule has 0 saturated carbocycles. The Labute approximate surface area is 110 Å². The maximum Gasteiger partial charge on any atom is 0.350 e. The zero-order valence-corrected chi connectivity index (χ0v) is 11.3. The average Bonchev–Trinajstić information content (AvgIpc) is 2.92. The molecule has 1 aliphatic rings. The van der Waals surface area contributed by atoms with Crippen LogP contribution in [0.3, 0.4) is 0 Å². The molecule has 1 saturated heterocycles. The van der Waals surface area contributed by atoms with Crippen molar-refractivity contribution in [2.24, 2.45) is 5.92 Å². The van der Waals surface area contributed by atoms with E-state index >= 15 is 0 Å². The number of ether oxygens (including phenoxy) is 1. The second kappa shape index (κ2) is 5.48. The van der Waals surface area contributed by atoms with E-state index in [1.54, 1.807) is 17.3 Å². The average molecular weight is 268 g/mol. The van der Waals surface area contributed by atoms with Crippen molar-refractivity contribution >= 4 is 23.2 Å². The summed E-state index contributed by atoms with van der Waals surface area (Å²) in [5.41, 5.74) is 2.33. The van der Waals surface area contributed by atoms with E-state index in [0.717, 1.165) is 6.54 Å². The smallest absolute Gasteiger partial charge is 0.350 e. The number of aryl methyl sites for hydroxylation is 1. The van der Waals surface area contributed by atoms with Crippen molar-refractivity contribution in [1.82, 2.24) is 9.88 Å². The van der Waals surface area contributed by atoms with Gasteiger partial charge in [-0.3, -0.25) is 4.79 Å². The Morgan fingerprint density at radius 1 is 1.67 bits per heavy atom. The fourth-order valence-electron chi connectivity index (χ4n) is 2.03. The molecule has 2 heterocycles. The van der Waals surface area contributed by atoms with E-state index in [2.05, 4.69) is 4.98 Å². The molecule has 5 nitrogen and oxygen atoms in total. The monoisotopic (exact) mass is 268 g/mol. The Morgan fingerprint density at radius 2 is 2.44 bits per heavy atom. The lowest BCUT2D eigenvalue weighted by Gasteiger charge is -2.13. The molecule has 0 N–H and O–H groups in total. The van der Waals surface area contributed by atoms with Crippen molar-refractivity contribution in [3.05, 3.63) is 16.1 Å². The van der Waals surface area contributed by atoms with E-state index < -0.39 is 0 Å². The van der Waals surface area contributed by atoms with Crippen LogP contribution in [0, 0.1) is 12.8 Å².